The van der Waals surface area contributed by atoms with Gasteiger partial charge in [0.25, 0.3) is 0 Å². The van der Waals surface area contributed by atoms with Crippen molar-refractivity contribution in [2.24, 2.45) is 0 Å². The second-order valence-electron chi connectivity index (χ2n) is 8.50. The highest BCUT2D eigenvalue weighted by atomic mass is 16.5. The number of ether oxygens (including phenoxy) is 1. The standard InChI is InChI=1S/C23H29N7O2/c1-29-8-6-18(7-9-29)27-23(31)26-17-4-2-16(3-5-17)20-14-19-21(28-20)24-15-25-22(19)30-10-12-32-13-11-30/h2-5,14-15,18H,6-13H2,1H3,(H,24,25,28)(H2,26,27,31). The molecule has 2 aromatic heterocycles. The fourth-order valence-corrected chi connectivity index (χ4v) is 4.35. The lowest BCUT2D eigenvalue weighted by Crippen LogP contribution is -2.44. The number of nitrogens with zero attached hydrogens (tertiary/aromatic N) is 4. The second-order valence-corrected chi connectivity index (χ2v) is 8.50. The fourth-order valence-electron chi connectivity index (χ4n) is 4.35. The molecule has 168 valence electrons. The monoisotopic (exact) mass is 435 g/mol. The van der Waals surface area contributed by atoms with E-state index < -0.39 is 0 Å². The number of carbonyl (C=O) groups excluding carboxylic acids is 1. The quantitative estimate of drug-likeness (QED) is 0.583. The van der Waals surface area contributed by atoms with Crippen LogP contribution >= 0.6 is 0 Å². The number of likely N-dealkylation sites (tertiary alicyclic amines) is 1. The van der Waals surface area contributed by atoms with Crippen molar-refractivity contribution in [2.75, 3.05) is 56.7 Å². The summed E-state index contributed by atoms with van der Waals surface area (Å²) < 4.78 is 5.46. The first kappa shape index (κ1) is 20.7. The zero-order valence-electron chi connectivity index (χ0n) is 18.3. The van der Waals surface area contributed by atoms with E-state index in [2.05, 4.69) is 48.5 Å². The maximum atomic E-state index is 12.4. The molecule has 0 unspecified atom stereocenters. The number of urea groups is 1. The van der Waals surface area contributed by atoms with Gasteiger partial charge in [0, 0.05) is 30.5 Å². The first-order valence-electron chi connectivity index (χ1n) is 11.2. The summed E-state index contributed by atoms with van der Waals surface area (Å²) >= 11 is 0. The van der Waals surface area contributed by atoms with Crippen molar-refractivity contribution in [3.8, 4) is 11.3 Å². The number of amides is 2. The smallest absolute Gasteiger partial charge is 0.319 e. The van der Waals surface area contributed by atoms with Gasteiger partial charge in [-0.25, -0.2) is 14.8 Å². The van der Waals surface area contributed by atoms with Crippen LogP contribution in [0.5, 0.6) is 0 Å². The van der Waals surface area contributed by atoms with Crippen LogP contribution in [-0.4, -0.2) is 78.4 Å². The van der Waals surface area contributed by atoms with Crippen molar-refractivity contribution in [1.82, 2.24) is 25.2 Å². The highest BCUT2D eigenvalue weighted by Gasteiger charge is 2.19. The molecule has 2 aliphatic rings. The van der Waals surface area contributed by atoms with Crippen molar-refractivity contribution < 1.29 is 9.53 Å². The Morgan fingerprint density at radius 2 is 1.84 bits per heavy atom. The number of piperidine rings is 1. The lowest BCUT2D eigenvalue weighted by molar-refractivity contribution is 0.122. The van der Waals surface area contributed by atoms with Gasteiger partial charge in [0.2, 0.25) is 0 Å². The number of anilines is 2. The Morgan fingerprint density at radius 3 is 2.59 bits per heavy atom. The summed E-state index contributed by atoms with van der Waals surface area (Å²) in [6, 6.07) is 10.0. The minimum atomic E-state index is -0.150. The topological polar surface area (TPSA) is 98.4 Å². The van der Waals surface area contributed by atoms with E-state index in [1.165, 1.54) is 0 Å². The highest BCUT2D eigenvalue weighted by molar-refractivity contribution is 5.93. The predicted octanol–water partition coefficient (Wildman–Crippen LogP) is 2.68. The Bertz CT molecular complexity index is 1070. The zero-order chi connectivity index (χ0) is 21.9. The van der Waals surface area contributed by atoms with E-state index in [9.17, 15) is 4.79 Å². The van der Waals surface area contributed by atoms with Gasteiger partial charge < -0.3 is 30.2 Å². The van der Waals surface area contributed by atoms with Crippen LogP contribution in [-0.2, 0) is 4.74 Å². The number of carbonyl (C=O) groups is 1. The molecule has 5 rings (SSSR count). The molecular formula is C23H29N7O2. The number of H-pyrrole nitrogens is 1. The van der Waals surface area contributed by atoms with Gasteiger partial charge in [-0.1, -0.05) is 12.1 Å². The summed E-state index contributed by atoms with van der Waals surface area (Å²) in [5.74, 6) is 0.935. The summed E-state index contributed by atoms with van der Waals surface area (Å²) in [5, 5.41) is 7.02. The number of morpholine rings is 1. The van der Waals surface area contributed by atoms with E-state index in [4.69, 9.17) is 4.74 Å². The van der Waals surface area contributed by atoms with Crippen LogP contribution in [0.1, 0.15) is 12.8 Å². The van der Waals surface area contributed by atoms with Gasteiger partial charge in [0.1, 0.15) is 17.8 Å². The SMILES string of the molecule is CN1CCC(NC(=O)Nc2ccc(-c3cc4c(N5CCOCC5)ncnc4[nH]3)cc2)CC1. The predicted molar refractivity (Wildman–Crippen MR) is 125 cm³/mol. The van der Waals surface area contributed by atoms with E-state index in [1.54, 1.807) is 6.33 Å². The van der Waals surface area contributed by atoms with Crippen molar-refractivity contribution in [3.63, 3.8) is 0 Å². The van der Waals surface area contributed by atoms with Crippen LogP contribution in [0.4, 0.5) is 16.3 Å². The average Bonchev–Trinajstić information content (AvgIpc) is 3.26. The minimum absolute atomic E-state index is 0.150. The van der Waals surface area contributed by atoms with Crippen molar-refractivity contribution in [3.05, 3.63) is 36.7 Å². The minimum Gasteiger partial charge on any atom is -0.378 e. The second kappa shape index (κ2) is 9.13. The van der Waals surface area contributed by atoms with Gasteiger partial charge in [-0.2, -0.15) is 0 Å². The summed E-state index contributed by atoms with van der Waals surface area (Å²) in [6.45, 7) is 5.11. The van der Waals surface area contributed by atoms with Crippen molar-refractivity contribution >= 4 is 28.6 Å². The van der Waals surface area contributed by atoms with Crippen LogP contribution in [0, 0.1) is 0 Å². The summed E-state index contributed by atoms with van der Waals surface area (Å²) in [5.41, 5.74) is 3.58. The molecule has 0 spiro atoms. The van der Waals surface area contributed by atoms with Gasteiger partial charge in [0.15, 0.2) is 0 Å². The molecule has 0 aliphatic carbocycles. The Balaban J connectivity index is 1.27. The number of fused-ring (bicyclic) bond motifs is 1. The molecule has 2 fully saturated rings. The molecule has 2 saturated heterocycles. The van der Waals surface area contributed by atoms with E-state index >= 15 is 0 Å². The number of aromatic nitrogens is 3. The lowest BCUT2D eigenvalue weighted by atomic mass is 10.1. The van der Waals surface area contributed by atoms with Crippen LogP contribution in [0.3, 0.4) is 0 Å². The Morgan fingerprint density at radius 1 is 1.09 bits per heavy atom. The normalized spacial score (nSPS) is 18.1. The largest absolute Gasteiger partial charge is 0.378 e. The van der Waals surface area contributed by atoms with Gasteiger partial charge in [0.05, 0.1) is 18.6 Å². The zero-order valence-corrected chi connectivity index (χ0v) is 18.3. The van der Waals surface area contributed by atoms with Crippen molar-refractivity contribution in [1.29, 1.82) is 0 Å². The number of aromatic amines is 1. The average molecular weight is 436 g/mol. The van der Waals surface area contributed by atoms with Gasteiger partial charge in [-0.3, -0.25) is 0 Å². The maximum Gasteiger partial charge on any atom is 0.319 e. The molecule has 9 heteroatoms. The van der Waals surface area contributed by atoms with Crippen molar-refractivity contribution in [2.45, 2.75) is 18.9 Å². The number of benzene rings is 1. The number of hydrogen-bond acceptors (Lipinski definition) is 6. The van der Waals surface area contributed by atoms with Gasteiger partial charge >= 0.3 is 6.03 Å². The molecule has 2 amide bonds. The summed E-state index contributed by atoms with van der Waals surface area (Å²) in [7, 11) is 2.11. The first-order valence-corrected chi connectivity index (χ1v) is 11.2. The molecule has 0 radical (unpaired) electrons. The van der Waals surface area contributed by atoms with Crippen LogP contribution in [0.25, 0.3) is 22.3 Å². The van der Waals surface area contributed by atoms with Gasteiger partial charge in [-0.15, -0.1) is 0 Å². The Kier molecular flexibility index (Phi) is 5.91. The molecule has 9 nitrogen and oxygen atoms in total. The molecule has 0 bridgehead atoms. The first-order chi connectivity index (χ1) is 15.7. The van der Waals surface area contributed by atoms with Gasteiger partial charge in [-0.05, 0) is 56.7 Å². The maximum absolute atomic E-state index is 12.4. The van der Waals surface area contributed by atoms with Crippen LogP contribution in [0.15, 0.2) is 36.7 Å². The number of hydrogen-bond donors (Lipinski definition) is 3. The molecule has 3 aromatic rings. The van der Waals surface area contributed by atoms with E-state index in [0.717, 1.165) is 72.8 Å². The lowest BCUT2D eigenvalue weighted by Gasteiger charge is -2.29. The molecule has 32 heavy (non-hydrogen) atoms. The molecule has 1 aromatic carbocycles. The van der Waals surface area contributed by atoms with E-state index in [0.29, 0.717) is 13.2 Å². The molecule has 3 N–H and O–H groups in total. The highest BCUT2D eigenvalue weighted by Crippen LogP contribution is 2.29. The molecule has 2 aliphatic heterocycles. The third-order valence-electron chi connectivity index (χ3n) is 6.22. The van der Waals surface area contributed by atoms with E-state index in [-0.39, 0.29) is 12.1 Å². The Hall–Kier alpha value is -3.17. The molecule has 0 atom stereocenters. The fraction of sp³-hybridized carbons (Fsp3) is 0.435. The van der Waals surface area contributed by atoms with Crippen LogP contribution < -0.4 is 15.5 Å². The molecular weight excluding hydrogens is 406 g/mol. The Labute approximate surface area is 187 Å². The number of nitrogens with one attached hydrogen (secondary N) is 3. The van der Waals surface area contributed by atoms with Crippen LogP contribution in [0.2, 0.25) is 0 Å². The molecule has 0 saturated carbocycles. The number of rotatable bonds is 4. The third kappa shape index (κ3) is 4.53. The van der Waals surface area contributed by atoms with E-state index in [1.807, 2.05) is 24.3 Å². The third-order valence-corrected chi connectivity index (χ3v) is 6.22. The summed E-state index contributed by atoms with van der Waals surface area (Å²) in [6.07, 6.45) is 3.57. The summed E-state index contributed by atoms with van der Waals surface area (Å²) in [4.78, 5) is 29.2. The molecule has 4 heterocycles.